The Bertz CT molecular complexity index is 943. The summed E-state index contributed by atoms with van der Waals surface area (Å²) in [5, 5.41) is 3.40. The summed E-state index contributed by atoms with van der Waals surface area (Å²) in [6, 6.07) is 17.0. The highest BCUT2D eigenvalue weighted by Gasteiger charge is 2.41. The van der Waals surface area contributed by atoms with Crippen molar-refractivity contribution in [3.8, 4) is 0 Å². The molecule has 0 spiro atoms. The number of carbonyl (C=O) groups is 2. The number of allylic oxidation sites excluding steroid dienone is 1. The van der Waals surface area contributed by atoms with E-state index >= 15 is 0 Å². The Morgan fingerprint density at radius 3 is 2.67 bits per heavy atom. The van der Waals surface area contributed by atoms with Gasteiger partial charge in [-0.3, -0.25) is 9.59 Å². The highest BCUT2D eigenvalue weighted by atomic mass is 35.5. The maximum Gasteiger partial charge on any atom is 0.246 e. The molecular weight excluding hydrogens is 402 g/mol. The van der Waals surface area contributed by atoms with E-state index in [0.717, 1.165) is 12.0 Å². The number of amides is 1. The van der Waals surface area contributed by atoms with E-state index in [9.17, 15) is 9.59 Å². The van der Waals surface area contributed by atoms with Crippen LogP contribution in [0.1, 0.15) is 30.4 Å². The summed E-state index contributed by atoms with van der Waals surface area (Å²) in [6.45, 7) is 0.481. The molecule has 2 aliphatic rings. The molecule has 30 heavy (non-hydrogen) atoms. The summed E-state index contributed by atoms with van der Waals surface area (Å²) >= 11 is 6.25. The van der Waals surface area contributed by atoms with Crippen LogP contribution in [0.3, 0.4) is 0 Å². The smallest absolute Gasteiger partial charge is 0.246 e. The predicted octanol–water partition coefficient (Wildman–Crippen LogP) is 4.15. The normalized spacial score (nSPS) is 23.2. The van der Waals surface area contributed by atoms with Gasteiger partial charge >= 0.3 is 0 Å². The van der Waals surface area contributed by atoms with Gasteiger partial charge in [0.05, 0.1) is 23.9 Å². The van der Waals surface area contributed by atoms with E-state index in [0.29, 0.717) is 35.5 Å². The quantitative estimate of drug-likeness (QED) is 0.755. The van der Waals surface area contributed by atoms with Crippen molar-refractivity contribution in [1.82, 2.24) is 5.32 Å². The molecule has 2 aromatic carbocycles. The lowest BCUT2D eigenvalue weighted by atomic mass is 9.78. The third kappa shape index (κ3) is 4.74. The third-order valence-corrected chi connectivity index (χ3v) is 5.98. The van der Waals surface area contributed by atoms with E-state index in [1.807, 2.05) is 48.5 Å². The Kier molecular flexibility index (Phi) is 6.50. The zero-order valence-corrected chi connectivity index (χ0v) is 17.3. The molecule has 5 nitrogen and oxygen atoms in total. The zero-order valence-electron chi connectivity index (χ0n) is 16.6. The maximum atomic E-state index is 13.0. The van der Waals surface area contributed by atoms with Crippen molar-refractivity contribution in [2.24, 2.45) is 5.92 Å². The number of hydrogen-bond donors (Lipinski definition) is 1. The van der Waals surface area contributed by atoms with Crippen molar-refractivity contribution < 1.29 is 19.1 Å². The summed E-state index contributed by atoms with van der Waals surface area (Å²) < 4.78 is 11.7. The molecule has 1 aliphatic carbocycles. The number of halogens is 1. The number of fused-ring (bicyclic) bond motifs is 1. The van der Waals surface area contributed by atoms with Crippen LogP contribution in [0.2, 0.25) is 5.02 Å². The highest BCUT2D eigenvalue weighted by Crippen LogP contribution is 2.38. The van der Waals surface area contributed by atoms with Crippen LogP contribution in [0.15, 0.2) is 60.9 Å². The van der Waals surface area contributed by atoms with Gasteiger partial charge in [0.1, 0.15) is 12.7 Å². The van der Waals surface area contributed by atoms with E-state index in [1.54, 1.807) is 6.07 Å². The van der Waals surface area contributed by atoms with Gasteiger partial charge in [-0.05, 0) is 24.5 Å². The molecule has 1 N–H and O–H groups in total. The topological polar surface area (TPSA) is 64.6 Å². The summed E-state index contributed by atoms with van der Waals surface area (Å²) in [6.07, 6.45) is 3.18. The second-order valence-corrected chi connectivity index (χ2v) is 8.07. The van der Waals surface area contributed by atoms with E-state index < -0.39 is 0 Å². The van der Waals surface area contributed by atoms with Crippen molar-refractivity contribution in [2.45, 2.75) is 38.0 Å². The molecule has 0 aromatic heterocycles. The zero-order chi connectivity index (χ0) is 20.9. The lowest BCUT2D eigenvalue weighted by Gasteiger charge is -2.37. The van der Waals surface area contributed by atoms with E-state index in [1.165, 1.54) is 6.26 Å². The lowest BCUT2D eigenvalue weighted by Crippen LogP contribution is -2.42. The molecule has 1 amide bonds. The highest BCUT2D eigenvalue weighted by molar-refractivity contribution is 6.35. The number of ketones is 1. The fourth-order valence-corrected chi connectivity index (χ4v) is 4.26. The van der Waals surface area contributed by atoms with Crippen molar-refractivity contribution in [3.05, 3.63) is 77.0 Å². The second kappa shape index (κ2) is 9.45. The Morgan fingerprint density at radius 1 is 1.10 bits per heavy atom. The molecule has 0 saturated heterocycles. The molecule has 4 rings (SSSR count). The van der Waals surface area contributed by atoms with Gasteiger partial charge in [-0.1, -0.05) is 60.1 Å². The monoisotopic (exact) mass is 425 g/mol. The fourth-order valence-electron chi connectivity index (χ4n) is 4.02. The van der Waals surface area contributed by atoms with Crippen LogP contribution in [0.4, 0.5) is 0 Å². The van der Waals surface area contributed by atoms with E-state index in [4.69, 9.17) is 21.1 Å². The van der Waals surface area contributed by atoms with E-state index in [2.05, 4.69) is 5.32 Å². The van der Waals surface area contributed by atoms with Crippen LogP contribution in [-0.4, -0.2) is 30.5 Å². The lowest BCUT2D eigenvalue weighted by molar-refractivity contribution is -0.135. The minimum Gasteiger partial charge on any atom is -0.496 e. The summed E-state index contributed by atoms with van der Waals surface area (Å²) in [5.41, 5.74) is 2.28. The molecule has 2 aromatic rings. The third-order valence-electron chi connectivity index (χ3n) is 5.65. The van der Waals surface area contributed by atoms with Crippen molar-refractivity contribution >= 4 is 28.9 Å². The van der Waals surface area contributed by atoms with Crippen molar-refractivity contribution in [3.63, 3.8) is 0 Å². The summed E-state index contributed by atoms with van der Waals surface area (Å²) in [5.74, 6) is -0.283. The van der Waals surface area contributed by atoms with Crippen LogP contribution in [0.25, 0.3) is 5.57 Å². The van der Waals surface area contributed by atoms with Gasteiger partial charge in [-0.2, -0.15) is 0 Å². The first-order chi connectivity index (χ1) is 14.6. The number of ether oxygens (including phenoxy) is 2. The first-order valence-corrected chi connectivity index (χ1v) is 10.6. The van der Waals surface area contributed by atoms with Gasteiger partial charge in [-0.25, -0.2) is 0 Å². The molecule has 6 heteroatoms. The minimum atomic E-state index is -0.227. The molecule has 1 heterocycles. The molecule has 3 unspecified atom stereocenters. The first-order valence-electron chi connectivity index (χ1n) is 10.2. The predicted molar refractivity (Wildman–Crippen MR) is 115 cm³/mol. The van der Waals surface area contributed by atoms with Gasteiger partial charge in [-0.15, -0.1) is 0 Å². The molecular formula is C24H24ClNO4. The number of nitrogens with one attached hydrogen (secondary N) is 1. The summed E-state index contributed by atoms with van der Waals surface area (Å²) in [4.78, 5) is 25.1. The van der Waals surface area contributed by atoms with Gasteiger partial charge in [0.2, 0.25) is 5.91 Å². The molecule has 3 atom stereocenters. The molecule has 0 radical (unpaired) electrons. The van der Waals surface area contributed by atoms with Crippen LogP contribution in [-0.2, 0) is 25.6 Å². The van der Waals surface area contributed by atoms with E-state index in [-0.39, 0.29) is 36.4 Å². The van der Waals surface area contributed by atoms with Crippen LogP contribution in [0.5, 0.6) is 0 Å². The van der Waals surface area contributed by atoms with Crippen LogP contribution < -0.4 is 5.32 Å². The van der Waals surface area contributed by atoms with Gasteiger partial charge in [0, 0.05) is 23.6 Å². The number of rotatable bonds is 6. The van der Waals surface area contributed by atoms with Crippen LogP contribution in [0, 0.1) is 5.92 Å². The molecule has 156 valence electrons. The standard InChI is InChI=1S/C24H24ClNO4/c25-21-9-5-4-8-18(21)20-14-30-22-12-17(10-11-19(22)24(20)28)29-15-23(27)26-13-16-6-2-1-3-7-16/h1-9,14,17,19,22H,10-13,15H2,(H,26,27). The SMILES string of the molecule is O=C(COC1CCC2C(=O)C(c3ccccc3Cl)=COC2C1)NCc1ccccc1. The Hall–Kier alpha value is -2.63. The average Bonchev–Trinajstić information content (AvgIpc) is 2.78. The second-order valence-electron chi connectivity index (χ2n) is 7.67. The molecule has 1 saturated carbocycles. The van der Waals surface area contributed by atoms with Gasteiger partial charge < -0.3 is 14.8 Å². The minimum absolute atomic E-state index is 0.00352. The summed E-state index contributed by atoms with van der Waals surface area (Å²) in [7, 11) is 0. The molecule has 0 bridgehead atoms. The fraction of sp³-hybridized carbons (Fsp3) is 0.333. The maximum absolute atomic E-state index is 13.0. The molecule has 1 fully saturated rings. The number of hydrogen-bond acceptors (Lipinski definition) is 4. The largest absolute Gasteiger partial charge is 0.496 e. The Labute approximate surface area is 181 Å². The number of Topliss-reactive ketones (excluding diaryl/α,β-unsaturated/α-hetero) is 1. The molecule has 1 aliphatic heterocycles. The Morgan fingerprint density at radius 2 is 1.87 bits per heavy atom. The van der Waals surface area contributed by atoms with Gasteiger partial charge in [0.25, 0.3) is 0 Å². The van der Waals surface area contributed by atoms with Crippen molar-refractivity contribution in [2.75, 3.05) is 6.61 Å². The first kappa shape index (κ1) is 20.6. The number of carbonyl (C=O) groups excluding carboxylic acids is 2. The van der Waals surface area contributed by atoms with Gasteiger partial charge in [0.15, 0.2) is 5.78 Å². The average molecular weight is 426 g/mol. The Balaban J connectivity index is 1.29. The van der Waals surface area contributed by atoms with Crippen LogP contribution >= 0.6 is 11.6 Å². The number of benzene rings is 2. The van der Waals surface area contributed by atoms with Crippen molar-refractivity contribution in [1.29, 1.82) is 0 Å².